The molecule has 0 bridgehead atoms. The normalized spacial score (nSPS) is 20.9. The van der Waals surface area contributed by atoms with Gasteiger partial charge in [0, 0.05) is 23.4 Å². The molecule has 2 N–H and O–H groups in total. The first kappa shape index (κ1) is 14.1. The number of hydrogen-bond acceptors (Lipinski definition) is 6. The Morgan fingerprint density at radius 3 is 3.09 bits per heavy atom. The molecule has 116 valence electrons. The van der Waals surface area contributed by atoms with Crippen LogP contribution in [-0.2, 0) is 19.3 Å². The van der Waals surface area contributed by atoms with E-state index in [-0.39, 0.29) is 0 Å². The number of nitrogens with one attached hydrogen (secondary N) is 2. The minimum Gasteiger partial charge on any atom is -0.361 e. The third-order valence-corrected chi connectivity index (χ3v) is 5.54. The Hall–Kier alpha value is -1.53. The van der Waals surface area contributed by atoms with Gasteiger partial charge in [0.25, 0.3) is 0 Å². The molecule has 3 heterocycles. The van der Waals surface area contributed by atoms with Gasteiger partial charge in [0.05, 0.1) is 22.4 Å². The lowest BCUT2D eigenvalue weighted by atomic mass is 9.97. The number of anilines is 1. The van der Waals surface area contributed by atoms with Crippen LogP contribution in [0.4, 0.5) is 5.82 Å². The highest BCUT2D eigenvalue weighted by atomic mass is 32.1. The van der Waals surface area contributed by atoms with Crippen LogP contribution < -0.4 is 10.6 Å². The molecule has 0 radical (unpaired) electrons. The lowest BCUT2D eigenvalue weighted by Gasteiger charge is -2.24. The van der Waals surface area contributed by atoms with Gasteiger partial charge >= 0.3 is 0 Å². The second kappa shape index (κ2) is 5.93. The summed E-state index contributed by atoms with van der Waals surface area (Å²) in [6, 6.07) is 0.295. The van der Waals surface area contributed by atoms with Crippen LogP contribution in [0.3, 0.4) is 0 Å². The van der Waals surface area contributed by atoms with Gasteiger partial charge in [-0.1, -0.05) is 0 Å². The maximum Gasteiger partial charge on any atom is 0.133 e. The van der Waals surface area contributed by atoms with Crippen molar-refractivity contribution >= 4 is 17.2 Å². The molecule has 0 amide bonds. The van der Waals surface area contributed by atoms with E-state index in [2.05, 4.69) is 27.5 Å². The van der Waals surface area contributed by atoms with Gasteiger partial charge in [-0.05, 0) is 39.2 Å². The van der Waals surface area contributed by atoms with Crippen molar-refractivity contribution in [2.75, 3.05) is 18.4 Å². The van der Waals surface area contributed by atoms with Crippen molar-refractivity contribution in [3.63, 3.8) is 0 Å². The zero-order valence-electron chi connectivity index (χ0n) is 12.9. The summed E-state index contributed by atoms with van der Waals surface area (Å²) in [7, 11) is 0. The minimum absolute atomic E-state index is 0.295. The molecule has 1 aliphatic carbocycles. The van der Waals surface area contributed by atoms with Gasteiger partial charge < -0.3 is 10.6 Å². The molecule has 0 spiro atoms. The molecule has 0 saturated heterocycles. The summed E-state index contributed by atoms with van der Waals surface area (Å²) in [5.74, 6) is 1.01. The number of fused-ring (bicyclic) bond motifs is 2. The summed E-state index contributed by atoms with van der Waals surface area (Å²) in [5.41, 5.74) is 3.72. The fourth-order valence-electron chi connectivity index (χ4n) is 3.44. The fraction of sp³-hybridized carbons (Fsp3) is 0.562. The number of hydrogen-bond donors (Lipinski definition) is 2. The molecule has 2 aliphatic rings. The Bertz CT molecular complexity index is 681. The van der Waals surface area contributed by atoms with E-state index in [4.69, 9.17) is 4.98 Å². The molecule has 1 aliphatic heterocycles. The molecule has 22 heavy (non-hydrogen) atoms. The molecular formula is C16H21N5S. The Kier molecular flexibility index (Phi) is 3.80. The van der Waals surface area contributed by atoms with Crippen molar-refractivity contribution in [3.8, 4) is 0 Å². The average Bonchev–Trinajstić information content (AvgIpc) is 2.75. The SMILES string of the molecule is Cc1nc2c(s1)CCCC2Nc1ncnc2c1CCNCC2. The van der Waals surface area contributed by atoms with E-state index in [9.17, 15) is 0 Å². The van der Waals surface area contributed by atoms with Crippen LogP contribution in [0.1, 0.15) is 45.7 Å². The maximum absolute atomic E-state index is 4.76. The Morgan fingerprint density at radius 1 is 1.23 bits per heavy atom. The van der Waals surface area contributed by atoms with Gasteiger partial charge in [0.1, 0.15) is 12.1 Å². The number of thiazole rings is 1. The minimum atomic E-state index is 0.295. The molecule has 6 heteroatoms. The third kappa shape index (κ3) is 2.61. The van der Waals surface area contributed by atoms with Crippen LogP contribution in [0, 0.1) is 6.92 Å². The molecule has 2 aromatic heterocycles. The summed E-state index contributed by atoms with van der Waals surface area (Å²) in [5, 5.41) is 8.28. The molecule has 5 nitrogen and oxygen atoms in total. The molecule has 0 saturated carbocycles. The molecule has 0 fully saturated rings. The van der Waals surface area contributed by atoms with Gasteiger partial charge in [0.15, 0.2) is 0 Å². The van der Waals surface area contributed by atoms with Crippen molar-refractivity contribution in [1.29, 1.82) is 0 Å². The van der Waals surface area contributed by atoms with Crippen LogP contribution in [-0.4, -0.2) is 28.0 Å². The van der Waals surface area contributed by atoms with Crippen LogP contribution in [0.2, 0.25) is 0 Å². The summed E-state index contributed by atoms with van der Waals surface area (Å²) < 4.78 is 0. The maximum atomic E-state index is 4.76. The zero-order chi connectivity index (χ0) is 14.9. The Balaban J connectivity index is 1.65. The highest BCUT2D eigenvalue weighted by Gasteiger charge is 2.25. The summed E-state index contributed by atoms with van der Waals surface area (Å²) >= 11 is 1.84. The number of aromatic nitrogens is 3. The average molecular weight is 315 g/mol. The second-order valence-electron chi connectivity index (χ2n) is 6.03. The van der Waals surface area contributed by atoms with Crippen molar-refractivity contribution in [2.24, 2.45) is 0 Å². The van der Waals surface area contributed by atoms with Gasteiger partial charge in [-0.15, -0.1) is 11.3 Å². The van der Waals surface area contributed by atoms with Crippen LogP contribution in [0.15, 0.2) is 6.33 Å². The van der Waals surface area contributed by atoms with Crippen molar-refractivity contribution in [3.05, 3.63) is 33.2 Å². The first-order valence-electron chi connectivity index (χ1n) is 8.07. The van der Waals surface area contributed by atoms with E-state index in [0.717, 1.165) is 38.2 Å². The van der Waals surface area contributed by atoms with Gasteiger partial charge in [-0.25, -0.2) is 15.0 Å². The fourth-order valence-corrected chi connectivity index (χ4v) is 4.48. The predicted molar refractivity (Wildman–Crippen MR) is 88.5 cm³/mol. The zero-order valence-corrected chi connectivity index (χ0v) is 13.7. The molecular weight excluding hydrogens is 294 g/mol. The van der Waals surface area contributed by atoms with E-state index in [1.165, 1.54) is 39.7 Å². The number of rotatable bonds is 2. The topological polar surface area (TPSA) is 62.7 Å². The highest BCUT2D eigenvalue weighted by Crippen LogP contribution is 2.35. The summed E-state index contributed by atoms with van der Waals surface area (Å²) in [6.45, 7) is 4.10. The standard InChI is InChI=1S/C16H21N5S/c1-10-20-15-13(3-2-4-14(15)22-10)21-16-11-5-7-17-8-6-12(11)18-9-19-16/h9,13,17H,2-8H2,1H3,(H,18,19,21). The first-order valence-corrected chi connectivity index (χ1v) is 8.89. The lowest BCUT2D eigenvalue weighted by Crippen LogP contribution is -2.19. The van der Waals surface area contributed by atoms with Crippen molar-refractivity contribution in [2.45, 2.75) is 45.1 Å². The van der Waals surface area contributed by atoms with E-state index in [1.807, 2.05) is 11.3 Å². The third-order valence-electron chi connectivity index (χ3n) is 4.50. The molecule has 2 aromatic rings. The quantitative estimate of drug-likeness (QED) is 0.891. The molecule has 1 atom stereocenters. The van der Waals surface area contributed by atoms with Gasteiger partial charge in [-0.2, -0.15) is 0 Å². The predicted octanol–water partition coefficient (Wildman–Crippen LogP) is 2.42. The monoisotopic (exact) mass is 315 g/mol. The van der Waals surface area contributed by atoms with Crippen molar-refractivity contribution < 1.29 is 0 Å². The smallest absolute Gasteiger partial charge is 0.133 e. The largest absolute Gasteiger partial charge is 0.361 e. The van der Waals surface area contributed by atoms with E-state index < -0.39 is 0 Å². The highest BCUT2D eigenvalue weighted by molar-refractivity contribution is 7.11. The second-order valence-corrected chi connectivity index (χ2v) is 7.32. The van der Waals surface area contributed by atoms with E-state index >= 15 is 0 Å². The van der Waals surface area contributed by atoms with E-state index in [0.29, 0.717) is 6.04 Å². The van der Waals surface area contributed by atoms with Crippen LogP contribution >= 0.6 is 11.3 Å². The Labute approximate surface area is 134 Å². The van der Waals surface area contributed by atoms with Crippen LogP contribution in [0.5, 0.6) is 0 Å². The number of nitrogens with zero attached hydrogens (tertiary/aromatic N) is 3. The summed E-state index contributed by atoms with van der Waals surface area (Å²) in [6.07, 6.45) is 7.20. The van der Waals surface area contributed by atoms with E-state index in [1.54, 1.807) is 6.33 Å². The summed E-state index contributed by atoms with van der Waals surface area (Å²) in [4.78, 5) is 15.2. The molecule has 4 rings (SSSR count). The van der Waals surface area contributed by atoms with Crippen LogP contribution in [0.25, 0.3) is 0 Å². The van der Waals surface area contributed by atoms with Crippen molar-refractivity contribution in [1.82, 2.24) is 20.3 Å². The number of aryl methyl sites for hydroxylation is 2. The molecule has 1 unspecified atom stereocenters. The first-order chi connectivity index (χ1) is 10.8. The van der Waals surface area contributed by atoms with Gasteiger partial charge in [0.2, 0.25) is 0 Å². The molecule has 0 aromatic carbocycles. The Morgan fingerprint density at radius 2 is 2.14 bits per heavy atom. The lowest BCUT2D eigenvalue weighted by molar-refractivity contribution is 0.590. The van der Waals surface area contributed by atoms with Gasteiger partial charge in [-0.3, -0.25) is 0 Å².